The van der Waals surface area contributed by atoms with Gasteiger partial charge in [0.25, 0.3) is 5.91 Å². The summed E-state index contributed by atoms with van der Waals surface area (Å²) in [6.45, 7) is 3.09. The van der Waals surface area contributed by atoms with Gasteiger partial charge in [-0.2, -0.15) is 0 Å². The van der Waals surface area contributed by atoms with Crippen LogP contribution in [0, 0.1) is 0 Å². The van der Waals surface area contributed by atoms with E-state index in [1.807, 2.05) is 72.5 Å². The van der Waals surface area contributed by atoms with E-state index in [9.17, 15) is 19.2 Å². The number of para-hydroxylation sites is 1. The predicted molar refractivity (Wildman–Crippen MR) is 179 cm³/mol. The number of benzene rings is 3. The van der Waals surface area contributed by atoms with E-state index >= 15 is 0 Å². The van der Waals surface area contributed by atoms with Crippen molar-refractivity contribution in [3.63, 3.8) is 0 Å². The molecular weight excluding hydrogens is 594 g/mol. The molecule has 3 aromatic rings. The summed E-state index contributed by atoms with van der Waals surface area (Å²) in [5.74, 6) is -0.769. The zero-order valence-corrected chi connectivity index (χ0v) is 27.5. The first kappa shape index (κ1) is 33.7. The van der Waals surface area contributed by atoms with Gasteiger partial charge in [-0.1, -0.05) is 86.5 Å². The predicted octanol–water partition coefficient (Wildman–Crippen LogP) is 5.13. The van der Waals surface area contributed by atoms with Gasteiger partial charge in [0.15, 0.2) is 0 Å². The molecule has 47 heavy (non-hydrogen) atoms. The van der Waals surface area contributed by atoms with Crippen LogP contribution in [0.4, 0.5) is 0 Å². The van der Waals surface area contributed by atoms with Gasteiger partial charge >= 0.3 is 5.97 Å². The number of hydrogen-bond acceptors (Lipinski definition) is 6. The van der Waals surface area contributed by atoms with Crippen molar-refractivity contribution in [3.8, 4) is 5.75 Å². The highest BCUT2D eigenvalue weighted by molar-refractivity contribution is 5.98. The number of likely N-dealkylation sites (tertiary alicyclic amines) is 1. The third kappa shape index (κ3) is 7.04. The molecule has 2 aliphatic rings. The second-order valence-electron chi connectivity index (χ2n) is 12.4. The minimum atomic E-state index is -1.08. The summed E-state index contributed by atoms with van der Waals surface area (Å²) in [5, 5.41) is 6.16. The van der Waals surface area contributed by atoms with Gasteiger partial charge in [0, 0.05) is 19.1 Å². The molecule has 9 nitrogen and oxygen atoms in total. The fourth-order valence-corrected chi connectivity index (χ4v) is 7.13. The minimum absolute atomic E-state index is 0.0319. The first-order chi connectivity index (χ1) is 22.8. The number of fused-ring (bicyclic) bond motifs is 1. The largest absolute Gasteiger partial charge is 0.496 e. The molecule has 1 aliphatic carbocycles. The molecule has 9 heteroatoms. The molecule has 3 atom stereocenters. The number of esters is 1. The molecule has 0 spiro atoms. The summed E-state index contributed by atoms with van der Waals surface area (Å²) in [6.07, 6.45) is 4.30. The van der Waals surface area contributed by atoms with Crippen molar-refractivity contribution in [2.24, 2.45) is 0 Å². The Bertz CT molecular complexity index is 1570. The Morgan fingerprint density at radius 2 is 1.57 bits per heavy atom. The number of unbranched alkanes of at least 4 members (excludes halogenated alkanes) is 1. The van der Waals surface area contributed by atoms with Gasteiger partial charge in [-0.15, -0.1) is 0 Å². The van der Waals surface area contributed by atoms with E-state index in [-0.39, 0.29) is 23.8 Å². The van der Waals surface area contributed by atoms with Crippen LogP contribution in [0.15, 0.2) is 78.9 Å². The first-order valence-corrected chi connectivity index (χ1v) is 16.6. The minimum Gasteiger partial charge on any atom is -0.496 e. The Balaban J connectivity index is 1.36. The zero-order chi connectivity index (χ0) is 33.4. The molecule has 1 unspecified atom stereocenters. The maximum Gasteiger partial charge on any atom is 0.328 e. The van der Waals surface area contributed by atoms with Crippen LogP contribution in [0.1, 0.15) is 84.8 Å². The van der Waals surface area contributed by atoms with Crippen LogP contribution in [0.3, 0.4) is 0 Å². The lowest BCUT2D eigenvalue weighted by molar-refractivity contribution is -0.146. The molecule has 0 bridgehead atoms. The van der Waals surface area contributed by atoms with Gasteiger partial charge in [-0.05, 0) is 60.9 Å². The van der Waals surface area contributed by atoms with Crippen LogP contribution in [-0.4, -0.2) is 68.0 Å². The van der Waals surface area contributed by atoms with E-state index in [1.165, 1.54) is 7.11 Å². The van der Waals surface area contributed by atoms with E-state index in [4.69, 9.17) is 9.47 Å². The summed E-state index contributed by atoms with van der Waals surface area (Å²) in [5.41, 5.74) is 1.84. The molecule has 3 amide bonds. The summed E-state index contributed by atoms with van der Waals surface area (Å²) >= 11 is 0. The number of ether oxygens (including phenoxy) is 2. The third-order valence-corrected chi connectivity index (χ3v) is 9.69. The van der Waals surface area contributed by atoms with Gasteiger partial charge in [0.2, 0.25) is 11.8 Å². The SMILES string of the molecule is CCCCC(NC(=O)[C@@]1(c2ccccc2)CC[C@H](C(=O)N2CCC(NC(=O)c3ccccc3OC)CC2)c2ccccc21)C(=O)OC. The number of piperidine rings is 1. The van der Waals surface area contributed by atoms with Crippen molar-refractivity contribution in [3.05, 3.63) is 101 Å². The van der Waals surface area contributed by atoms with Crippen LogP contribution in [-0.2, 0) is 24.5 Å². The molecule has 1 aliphatic heterocycles. The van der Waals surface area contributed by atoms with Crippen molar-refractivity contribution in [1.29, 1.82) is 0 Å². The third-order valence-electron chi connectivity index (χ3n) is 9.69. The second kappa shape index (κ2) is 15.3. The number of methoxy groups -OCH3 is 2. The van der Waals surface area contributed by atoms with E-state index in [1.54, 1.807) is 25.3 Å². The maximum atomic E-state index is 14.5. The normalized spacial score (nSPS) is 20.0. The monoisotopic (exact) mass is 639 g/mol. The van der Waals surface area contributed by atoms with Crippen LogP contribution in [0.25, 0.3) is 0 Å². The highest BCUT2D eigenvalue weighted by Gasteiger charge is 2.49. The number of rotatable bonds is 11. The summed E-state index contributed by atoms with van der Waals surface area (Å²) in [7, 11) is 2.88. The molecule has 0 aromatic heterocycles. The van der Waals surface area contributed by atoms with Crippen molar-refractivity contribution < 1.29 is 28.7 Å². The fraction of sp³-hybridized carbons (Fsp3) is 0.421. The Kier molecular flexibility index (Phi) is 11.0. The number of amides is 3. The molecule has 5 rings (SSSR count). The Morgan fingerprint density at radius 1 is 0.894 bits per heavy atom. The Labute approximate surface area is 277 Å². The highest BCUT2D eigenvalue weighted by Crippen LogP contribution is 2.48. The van der Waals surface area contributed by atoms with Gasteiger partial charge in [0.05, 0.1) is 31.1 Å². The summed E-state index contributed by atoms with van der Waals surface area (Å²) < 4.78 is 10.4. The van der Waals surface area contributed by atoms with Gasteiger partial charge in [-0.3, -0.25) is 14.4 Å². The van der Waals surface area contributed by atoms with Crippen molar-refractivity contribution in [1.82, 2.24) is 15.5 Å². The summed E-state index contributed by atoms with van der Waals surface area (Å²) in [6, 6.07) is 23.7. The van der Waals surface area contributed by atoms with Crippen molar-refractivity contribution in [2.75, 3.05) is 27.3 Å². The number of nitrogens with zero attached hydrogens (tertiary/aromatic N) is 1. The van der Waals surface area contributed by atoms with Crippen LogP contribution in [0.2, 0.25) is 0 Å². The second-order valence-corrected chi connectivity index (χ2v) is 12.4. The smallest absolute Gasteiger partial charge is 0.328 e. The highest BCUT2D eigenvalue weighted by atomic mass is 16.5. The average molecular weight is 640 g/mol. The van der Waals surface area contributed by atoms with Crippen LogP contribution in [0.5, 0.6) is 5.75 Å². The molecule has 248 valence electrons. The first-order valence-electron chi connectivity index (χ1n) is 16.6. The maximum absolute atomic E-state index is 14.5. The van der Waals surface area contributed by atoms with Gasteiger partial charge in [0.1, 0.15) is 11.8 Å². The molecule has 1 heterocycles. The Hall–Kier alpha value is -4.66. The standard InChI is InChI=1S/C38H45N3O6/c1-4-5-18-32(36(44)47-3)40-37(45)38(26-13-7-6-8-14-26)23-20-29(28-15-9-11-17-31(28)38)35(43)41-24-21-27(22-25-41)39-34(42)30-16-10-12-19-33(30)46-2/h6-17,19,27,29,32H,4-5,18,20-25H2,1-3H3,(H,39,42)(H,40,45)/t29-,32?,38+/m0/s1. The number of nitrogens with one attached hydrogen (secondary N) is 2. The molecule has 0 saturated carbocycles. The quantitative estimate of drug-likeness (QED) is 0.282. The molecule has 1 fully saturated rings. The van der Waals surface area contributed by atoms with E-state index in [2.05, 4.69) is 10.6 Å². The Morgan fingerprint density at radius 3 is 2.28 bits per heavy atom. The lowest BCUT2D eigenvalue weighted by atomic mass is 9.62. The molecular formula is C38H45N3O6. The zero-order valence-electron chi connectivity index (χ0n) is 27.5. The van der Waals surface area contributed by atoms with E-state index < -0.39 is 23.3 Å². The van der Waals surface area contributed by atoms with Gasteiger partial charge in [-0.25, -0.2) is 4.79 Å². The summed E-state index contributed by atoms with van der Waals surface area (Å²) in [4.78, 5) is 56.2. The molecule has 0 radical (unpaired) electrons. The van der Waals surface area contributed by atoms with E-state index in [0.717, 1.165) is 29.5 Å². The van der Waals surface area contributed by atoms with Gasteiger partial charge < -0.3 is 25.0 Å². The average Bonchev–Trinajstić information content (AvgIpc) is 3.12. The molecule has 3 aromatic carbocycles. The topological polar surface area (TPSA) is 114 Å². The van der Waals surface area contributed by atoms with E-state index in [0.29, 0.717) is 56.5 Å². The molecule has 1 saturated heterocycles. The number of carbonyl (C=O) groups excluding carboxylic acids is 4. The number of hydrogen-bond donors (Lipinski definition) is 2. The fourth-order valence-electron chi connectivity index (χ4n) is 7.13. The number of carbonyl (C=O) groups is 4. The van der Waals surface area contributed by atoms with Crippen LogP contribution < -0.4 is 15.4 Å². The molecule has 2 N–H and O–H groups in total. The van der Waals surface area contributed by atoms with Crippen LogP contribution >= 0.6 is 0 Å². The lowest BCUT2D eigenvalue weighted by Crippen LogP contribution is -2.54. The van der Waals surface area contributed by atoms with Crippen molar-refractivity contribution in [2.45, 2.75) is 75.3 Å². The lowest BCUT2D eigenvalue weighted by Gasteiger charge is -2.43. The van der Waals surface area contributed by atoms with Crippen molar-refractivity contribution >= 4 is 23.7 Å².